The number of aliphatic hydroxyl groups excluding tert-OH is 1. The Morgan fingerprint density at radius 2 is 1.88 bits per heavy atom. The Hall–Kier alpha value is -1.36. The highest BCUT2D eigenvalue weighted by Gasteiger charge is 2.29. The third-order valence-electron chi connectivity index (χ3n) is 2.16. The lowest BCUT2D eigenvalue weighted by molar-refractivity contribution is -0.154. The number of allylic oxidation sites excluding steroid dienone is 1. The molecule has 98 valence electrons. The van der Waals surface area contributed by atoms with E-state index in [1.165, 1.54) is 6.08 Å². The maximum absolute atomic E-state index is 11.5. The Morgan fingerprint density at radius 1 is 1.29 bits per heavy atom. The Balaban J connectivity index is 4.42. The first-order valence-corrected chi connectivity index (χ1v) is 5.67. The first-order chi connectivity index (χ1) is 8.06. The van der Waals surface area contributed by atoms with E-state index < -0.39 is 24.0 Å². The monoisotopic (exact) mass is 244 g/mol. The van der Waals surface area contributed by atoms with Gasteiger partial charge in [-0.05, 0) is 20.3 Å². The molecule has 0 fully saturated rings. The number of carbonyl (C=O) groups excluding carboxylic acids is 2. The molecule has 0 aliphatic rings. The van der Waals surface area contributed by atoms with E-state index in [2.05, 4.69) is 6.58 Å². The second-order valence-corrected chi connectivity index (χ2v) is 3.46. The second-order valence-electron chi connectivity index (χ2n) is 3.46. The molecule has 1 N–H and O–H groups in total. The average molecular weight is 244 g/mol. The number of rotatable bonds is 8. The minimum Gasteiger partial charge on any atom is -0.466 e. The summed E-state index contributed by atoms with van der Waals surface area (Å²) in [7, 11) is 0. The zero-order chi connectivity index (χ0) is 13.3. The SMILES string of the molecule is C=CC[C@H](C(=O)OCC)[C@@H](O)CC(=O)OCC. The number of aliphatic hydroxyl groups is 1. The van der Waals surface area contributed by atoms with Crippen molar-refractivity contribution in [1.29, 1.82) is 0 Å². The molecule has 0 saturated heterocycles. The summed E-state index contributed by atoms with van der Waals surface area (Å²) >= 11 is 0. The molecule has 0 radical (unpaired) electrons. The van der Waals surface area contributed by atoms with Gasteiger partial charge in [-0.15, -0.1) is 6.58 Å². The molecule has 5 nitrogen and oxygen atoms in total. The van der Waals surface area contributed by atoms with Crippen molar-refractivity contribution in [2.45, 2.75) is 32.8 Å². The van der Waals surface area contributed by atoms with Gasteiger partial charge in [0.15, 0.2) is 0 Å². The molecule has 2 atom stereocenters. The van der Waals surface area contributed by atoms with Gasteiger partial charge in [0.05, 0.1) is 31.7 Å². The van der Waals surface area contributed by atoms with Crippen LogP contribution in [0.3, 0.4) is 0 Å². The normalized spacial score (nSPS) is 13.6. The Bertz CT molecular complexity index is 262. The van der Waals surface area contributed by atoms with E-state index in [1.54, 1.807) is 13.8 Å². The zero-order valence-corrected chi connectivity index (χ0v) is 10.3. The first kappa shape index (κ1) is 15.6. The molecule has 0 aliphatic carbocycles. The molecule has 0 aromatic rings. The molecule has 0 saturated carbocycles. The lowest BCUT2D eigenvalue weighted by Gasteiger charge is -2.19. The molecule has 0 unspecified atom stereocenters. The molecular weight excluding hydrogens is 224 g/mol. The van der Waals surface area contributed by atoms with Crippen molar-refractivity contribution in [2.75, 3.05) is 13.2 Å². The number of hydrogen-bond donors (Lipinski definition) is 1. The van der Waals surface area contributed by atoms with Crippen molar-refractivity contribution < 1.29 is 24.2 Å². The van der Waals surface area contributed by atoms with Crippen molar-refractivity contribution in [3.05, 3.63) is 12.7 Å². The fraction of sp³-hybridized carbons (Fsp3) is 0.667. The van der Waals surface area contributed by atoms with E-state index in [4.69, 9.17) is 9.47 Å². The van der Waals surface area contributed by atoms with E-state index in [0.717, 1.165) is 0 Å². The van der Waals surface area contributed by atoms with E-state index in [1.807, 2.05) is 0 Å². The summed E-state index contributed by atoms with van der Waals surface area (Å²) in [6.07, 6.45) is 0.451. The van der Waals surface area contributed by atoms with Crippen LogP contribution in [-0.2, 0) is 19.1 Å². The van der Waals surface area contributed by atoms with Gasteiger partial charge in [0.2, 0.25) is 0 Å². The zero-order valence-electron chi connectivity index (χ0n) is 10.3. The summed E-state index contributed by atoms with van der Waals surface area (Å²) in [6, 6.07) is 0. The topological polar surface area (TPSA) is 72.8 Å². The highest BCUT2D eigenvalue weighted by atomic mass is 16.5. The highest BCUT2D eigenvalue weighted by molar-refractivity contribution is 5.76. The smallest absolute Gasteiger partial charge is 0.311 e. The molecular formula is C12H20O5. The molecule has 0 rings (SSSR count). The summed E-state index contributed by atoms with van der Waals surface area (Å²) in [4.78, 5) is 22.7. The minimum absolute atomic E-state index is 0.217. The molecule has 0 aromatic heterocycles. The van der Waals surface area contributed by atoms with Crippen molar-refractivity contribution in [1.82, 2.24) is 0 Å². The van der Waals surface area contributed by atoms with Crippen LogP contribution in [0.1, 0.15) is 26.7 Å². The third kappa shape index (κ3) is 6.06. The first-order valence-electron chi connectivity index (χ1n) is 5.67. The van der Waals surface area contributed by atoms with Gasteiger partial charge in [-0.1, -0.05) is 6.08 Å². The highest BCUT2D eigenvalue weighted by Crippen LogP contribution is 2.15. The summed E-state index contributed by atoms with van der Waals surface area (Å²) in [5.41, 5.74) is 0. The Kier molecular flexibility index (Phi) is 8.05. The predicted molar refractivity (Wildman–Crippen MR) is 62.2 cm³/mol. The van der Waals surface area contributed by atoms with Crippen molar-refractivity contribution in [2.24, 2.45) is 5.92 Å². The van der Waals surface area contributed by atoms with Crippen LogP contribution in [0.15, 0.2) is 12.7 Å². The van der Waals surface area contributed by atoms with Gasteiger partial charge in [-0.25, -0.2) is 0 Å². The summed E-state index contributed by atoms with van der Waals surface area (Å²) in [5.74, 6) is -1.82. The van der Waals surface area contributed by atoms with E-state index in [0.29, 0.717) is 0 Å². The van der Waals surface area contributed by atoms with Crippen LogP contribution in [0.5, 0.6) is 0 Å². The van der Waals surface area contributed by atoms with Gasteiger partial charge >= 0.3 is 11.9 Å². The van der Waals surface area contributed by atoms with Crippen LogP contribution >= 0.6 is 0 Å². The van der Waals surface area contributed by atoms with E-state index in [-0.39, 0.29) is 26.1 Å². The lowest BCUT2D eigenvalue weighted by Crippen LogP contribution is -2.32. The maximum Gasteiger partial charge on any atom is 0.311 e. The number of carbonyl (C=O) groups is 2. The van der Waals surface area contributed by atoms with Gasteiger partial charge in [-0.2, -0.15) is 0 Å². The predicted octanol–water partition coefficient (Wildman–Crippen LogP) is 1.06. The second kappa shape index (κ2) is 8.75. The van der Waals surface area contributed by atoms with Gasteiger partial charge in [-0.3, -0.25) is 9.59 Å². The standard InChI is InChI=1S/C12H20O5/c1-4-7-9(12(15)17-6-3)10(13)8-11(14)16-5-2/h4,9-10,13H,1,5-8H2,2-3H3/t9-,10-/m0/s1. The molecule has 17 heavy (non-hydrogen) atoms. The molecule has 5 heteroatoms. The van der Waals surface area contributed by atoms with E-state index in [9.17, 15) is 14.7 Å². The number of ether oxygens (including phenoxy) is 2. The largest absolute Gasteiger partial charge is 0.466 e. The fourth-order valence-corrected chi connectivity index (χ4v) is 1.37. The van der Waals surface area contributed by atoms with Crippen molar-refractivity contribution in [3.8, 4) is 0 Å². The van der Waals surface area contributed by atoms with Crippen LogP contribution < -0.4 is 0 Å². The lowest BCUT2D eigenvalue weighted by atomic mass is 9.96. The van der Waals surface area contributed by atoms with Crippen molar-refractivity contribution in [3.63, 3.8) is 0 Å². The molecule has 0 amide bonds. The Labute approximate surface area is 101 Å². The van der Waals surface area contributed by atoms with Gasteiger partial charge in [0.1, 0.15) is 0 Å². The van der Waals surface area contributed by atoms with Gasteiger partial charge in [0, 0.05) is 0 Å². The van der Waals surface area contributed by atoms with E-state index >= 15 is 0 Å². The van der Waals surface area contributed by atoms with Gasteiger partial charge in [0.25, 0.3) is 0 Å². The van der Waals surface area contributed by atoms with Crippen LogP contribution in [0.4, 0.5) is 0 Å². The quantitative estimate of drug-likeness (QED) is 0.510. The fourth-order valence-electron chi connectivity index (χ4n) is 1.37. The molecule has 0 aliphatic heterocycles. The number of hydrogen-bond acceptors (Lipinski definition) is 5. The average Bonchev–Trinajstić information content (AvgIpc) is 2.26. The molecule has 0 bridgehead atoms. The molecule has 0 heterocycles. The summed E-state index contributed by atoms with van der Waals surface area (Å²) in [5, 5.41) is 9.78. The number of esters is 2. The summed E-state index contributed by atoms with van der Waals surface area (Å²) < 4.78 is 9.52. The minimum atomic E-state index is -1.11. The van der Waals surface area contributed by atoms with Crippen molar-refractivity contribution >= 4 is 11.9 Å². The molecule has 0 spiro atoms. The van der Waals surface area contributed by atoms with Crippen LogP contribution in [0, 0.1) is 5.92 Å². The maximum atomic E-state index is 11.5. The van der Waals surface area contributed by atoms with Gasteiger partial charge < -0.3 is 14.6 Å². The van der Waals surface area contributed by atoms with Crippen LogP contribution in [-0.4, -0.2) is 36.4 Å². The molecule has 0 aromatic carbocycles. The summed E-state index contributed by atoms with van der Waals surface area (Å²) in [6.45, 7) is 7.35. The van der Waals surface area contributed by atoms with Crippen LogP contribution in [0.25, 0.3) is 0 Å². The van der Waals surface area contributed by atoms with Crippen LogP contribution in [0.2, 0.25) is 0 Å². The Morgan fingerprint density at radius 3 is 2.35 bits per heavy atom. The third-order valence-corrected chi connectivity index (χ3v) is 2.16.